The fraction of sp³-hybridized carbons (Fsp3) is 0.118. The van der Waals surface area contributed by atoms with Crippen molar-refractivity contribution in [2.24, 2.45) is 0 Å². The molecule has 0 fully saturated rings. The Morgan fingerprint density at radius 3 is 2.17 bits per heavy atom. The predicted molar refractivity (Wildman–Crippen MR) is 77.1 cm³/mol. The number of alkyl halides is 3. The zero-order valence-electron chi connectivity index (χ0n) is 11.7. The first kappa shape index (κ1) is 16.6. The molecule has 6 heteroatoms. The van der Waals surface area contributed by atoms with Gasteiger partial charge in [0.1, 0.15) is 5.82 Å². The summed E-state index contributed by atoms with van der Waals surface area (Å²) in [7, 11) is 0. The van der Waals surface area contributed by atoms with Crippen LogP contribution in [-0.4, -0.2) is 12.5 Å². The maximum absolute atomic E-state index is 12.7. The van der Waals surface area contributed by atoms with E-state index in [1.165, 1.54) is 24.3 Å². The van der Waals surface area contributed by atoms with E-state index in [0.717, 1.165) is 24.3 Å². The summed E-state index contributed by atoms with van der Waals surface area (Å²) < 4.78 is 49.9. The smallest absolute Gasteiger partial charge is 0.341 e. The highest BCUT2D eigenvalue weighted by molar-refractivity contribution is 5.94. The van der Waals surface area contributed by atoms with Crippen molar-refractivity contribution in [2.45, 2.75) is 6.18 Å². The molecule has 0 atom stereocenters. The molecule has 0 unspecified atom stereocenters. The summed E-state index contributed by atoms with van der Waals surface area (Å²) >= 11 is 0. The molecule has 0 aliphatic carbocycles. The molecular weight excluding hydrogens is 310 g/mol. The Kier molecular flexibility index (Phi) is 5.02. The van der Waals surface area contributed by atoms with Crippen LogP contribution in [0, 0.1) is 17.7 Å². The normalized spacial score (nSPS) is 10.6. The van der Waals surface area contributed by atoms with E-state index in [1.54, 1.807) is 0 Å². The molecule has 0 aliphatic rings. The van der Waals surface area contributed by atoms with Crippen LogP contribution in [-0.2, 0) is 6.18 Å². The minimum atomic E-state index is -4.43. The molecule has 2 aromatic carbocycles. The van der Waals surface area contributed by atoms with Crippen LogP contribution in [0.25, 0.3) is 0 Å². The summed E-state index contributed by atoms with van der Waals surface area (Å²) in [5, 5.41) is 2.47. The fourth-order valence-electron chi connectivity index (χ4n) is 1.72. The van der Waals surface area contributed by atoms with Crippen molar-refractivity contribution in [3.05, 3.63) is 71.0 Å². The first-order valence-corrected chi connectivity index (χ1v) is 6.56. The lowest BCUT2D eigenvalue weighted by Gasteiger charge is -2.07. The highest BCUT2D eigenvalue weighted by Gasteiger charge is 2.30. The summed E-state index contributed by atoms with van der Waals surface area (Å²) in [5.41, 5.74) is -0.109. The monoisotopic (exact) mass is 321 g/mol. The maximum Gasteiger partial charge on any atom is 0.416 e. The fourth-order valence-corrected chi connectivity index (χ4v) is 1.72. The number of halogens is 4. The number of rotatable bonds is 2. The molecule has 0 radical (unpaired) electrons. The van der Waals surface area contributed by atoms with Gasteiger partial charge >= 0.3 is 6.18 Å². The van der Waals surface area contributed by atoms with Crippen molar-refractivity contribution in [1.82, 2.24) is 5.32 Å². The van der Waals surface area contributed by atoms with E-state index in [0.29, 0.717) is 5.56 Å². The molecule has 0 spiro atoms. The van der Waals surface area contributed by atoms with Gasteiger partial charge in [0, 0.05) is 11.1 Å². The number of benzene rings is 2. The molecule has 0 aromatic heterocycles. The molecule has 2 aromatic rings. The molecule has 2 rings (SSSR count). The first-order valence-electron chi connectivity index (χ1n) is 6.56. The van der Waals surface area contributed by atoms with Gasteiger partial charge in [0.15, 0.2) is 0 Å². The van der Waals surface area contributed by atoms with Crippen LogP contribution in [0.2, 0.25) is 0 Å². The van der Waals surface area contributed by atoms with Crippen LogP contribution in [0.15, 0.2) is 48.5 Å². The minimum absolute atomic E-state index is 0.0250. The minimum Gasteiger partial charge on any atom is -0.341 e. The molecule has 0 aliphatic heterocycles. The number of amides is 1. The van der Waals surface area contributed by atoms with Crippen molar-refractivity contribution >= 4 is 5.91 Å². The van der Waals surface area contributed by atoms with Crippen molar-refractivity contribution in [3.8, 4) is 11.8 Å². The van der Waals surface area contributed by atoms with Crippen LogP contribution in [0.1, 0.15) is 21.5 Å². The van der Waals surface area contributed by atoms with E-state index < -0.39 is 17.6 Å². The number of carbonyl (C=O) groups excluding carboxylic acids is 1. The van der Waals surface area contributed by atoms with E-state index >= 15 is 0 Å². The van der Waals surface area contributed by atoms with Gasteiger partial charge in [-0.3, -0.25) is 4.79 Å². The van der Waals surface area contributed by atoms with Crippen LogP contribution in [0.5, 0.6) is 0 Å². The summed E-state index contributed by atoms with van der Waals surface area (Å²) in [4.78, 5) is 11.8. The van der Waals surface area contributed by atoms with Crippen LogP contribution in [0.3, 0.4) is 0 Å². The van der Waals surface area contributed by atoms with Gasteiger partial charge in [-0.15, -0.1) is 0 Å². The Balaban J connectivity index is 1.91. The third kappa shape index (κ3) is 4.85. The molecule has 0 saturated carbocycles. The molecule has 23 heavy (non-hydrogen) atoms. The Bertz CT molecular complexity index is 737. The van der Waals surface area contributed by atoms with Gasteiger partial charge < -0.3 is 5.32 Å². The molecule has 1 N–H and O–H groups in total. The molecule has 0 bridgehead atoms. The van der Waals surface area contributed by atoms with E-state index in [2.05, 4.69) is 17.2 Å². The zero-order chi connectivity index (χ0) is 16.9. The number of hydrogen-bond donors (Lipinski definition) is 1. The predicted octanol–water partition coefficient (Wildman–Crippen LogP) is 3.63. The number of carbonyl (C=O) groups is 1. The molecule has 118 valence electrons. The average Bonchev–Trinajstić information content (AvgIpc) is 2.52. The van der Waals surface area contributed by atoms with Crippen molar-refractivity contribution in [1.29, 1.82) is 0 Å². The van der Waals surface area contributed by atoms with Crippen LogP contribution >= 0.6 is 0 Å². The lowest BCUT2D eigenvalue weighted by Crippen LogP contribution is -2.23. The van der Waals surface area contributed by atoms with Crippen molar-refractivity contribution in [2.75, 3.05) is 6.54 Å². The van der Waals surface area contributed by atoms with E-state index in [9.17, 15) is 22.4 Å². The topological polar surface area (TPSA) is 29.1 Å². The third-order valence-corrected chi connectivity index (χ3v) is 2.89. The van der Waals surface area contributed by atoms with E-state index in [1.807, 2.05) is 0 Å². The second-order valence-corrected chi connectivity index (χ2v) is 4.57. The standard InChI is InChI=1S/C17H11F4NO/c18-15-9-3-12(4-10-15)2-1-11-22-16(23)13-5-7-14(8-6-13)17(19,20)21/h3-10H,11H2,(H,22,23). The first-order chi connectivity index (χ1) is 10.9. The lowest BCUT2D eigenvalue weighted by molar-refractivity contribution is -0.137. The average molecular weight is 321 g/mol. The van der Waals surface area contributed by atoms with Gasteiger partial charge in [0.2, 0.25) is 0 Å². The van der Waals surface area contributed by atoms with E-state index in [4.69, 9.17) is 0 Å². The maximum atomic E-state index is 12.7. The summed E-state index contributed by atoms with van der Waals surface area (Å²) in [6.07, 6.45) is -4.43. The van der Waals surface area contributed by atoms with Crippen molar-refractivity contribution in [3.63, 3.8) is 0 Å². The highest BCUT2D eigenvalue weighted by atomic mass is 19.4. The Morgan fingerprint density at radius 2 is 1.61 bits per heavy atom. The van der Waals surface area contributed by atoms with Gasteiger partial charge in [-0.05, 0) is 48.5 Å². The Labute approximate surface area is 130 Å². The van der Waals surface area contributed by atoms with E-state index in [-0.39, 0.29) is 17.9 Å². The van der Waals surface area contributed by atoms with Gasteiger partial charge in [0.25, 0.3) is 5.91 Å². The Hall–Kier alpha value is -2.81. The Morgan fingerprint density at radius 1 is 1.00 bits per heavy atom. The SMILES string of the molecule is O=C(NCC#Cc1ccc(F)cc1)c1ccc(C(F)(F)F)cc1. The highest BCUT2D eigenvalue weighted by Crippen LogP contribution is 2.28. The lowest BCUT2D eigenvalue weighted by atomic mass is 10.1. The molecule has 1 amide bonds. The summed E-state index contributed by atoms with van der Waals surface area (Å²) in [6, 6.07) is 9.44. The van der Waals surface area contributed by atoms with Gasteiger partial charge in [-0.2, -0.15) is 13.2 Å². The molecular formula is C17H11F4NO. The van der Waals surface area contributed by atoms with Gasteiger partial charge in [0.05, 0.1) is 12.1 Å². The largest absolute Gasteiger partial charge is 0.416 e. The molecule has 0 heterocycles. The van der Waals surface area contributed by atoms with Gasteiger partial charge in [-0.25, -0.2) is 4.39 Å². The zero-order valence-corrected chi connectivity index (χ0v) is 11.7. The number of hydrogen-bond acceptors (Lipinski definition) is 1. The number of nitrogens with one attached hydrogen (secondary N) is 1. The molecule has 2 nitrogen and oxygen atoms in total. The third-order valence-electron chi connectivity index (χ3n) is 2.89. The quantitative estimate of drug-likeness (QED) is 0.664. The summed E-state index contributed by atoms with van der Waals surface area (Å²) in [6.45, 7) is 0.0250. The van der Waals surface area contributed by atoms with Crippen LogP contribution in [0.4, 0.5) is 17.6 Å². The second kappa shape index (κ2) is 6.97. The van der Waals surface area contributed by atoms with Crippen LogP contribution < -0.4 is 5.32 Å². The summed E-state index contributed by atoms with van der Waals surface area (Å²) in [5.74, 6) is 4.51. The van der Waals surface area contributed by atoms with Gasteiger partial charge in [-0.1, -0.05) is 11.8 Å². The van der Waals surface area contributed by atoms with Crippen molar-refractivity contribution < 1.29 is 22.4 Å². The second-order valence-electron chi connectivity index (χ2n) is 4.57. The molecule has 0 saturated heterocycles.